The van der Waals surface area contributed by atoms with Gasteiger partial charge in [0.2, 0.25) is 5.75 Å². The highest BCUT2D eigenvalue weighted by atomic mass is 79.9. The van der Waals surface area contributed by atoms with E-state index in [-0.39, 0.29) is 0 Å². The Kier molecular flexibility index (Phi) is 5.33. The number of rotatable bonds is 5. The fraction of sp³-hybridized carbons (Fsp3) is 0.500. The number of ether oxygens (including phenoxy) is 3. The van der Waals surface area contributed by atoms with Gasteiger partial charge in [-0.25, -0.2) is 4.98 Å². The maximum Gasteiger partial charge on any atom is 0.203 e. The molecule has 0 atom stereocenters. The second-order valence-electron chi connectivity index (χ2n) is 6.00. The van der Waals surface area contributed by atoms with E-state index in [2.05, 4.69) is 26.2 Å². The number of anilines is 1. The smallest absolute Gasteiger partial charge is 0.203 e. The van der Waals surface area contributed by atoms with E-state index < -0.39 is 0 Å². The first-order valence-corrected chi connectivity index (χ1v) is 9.02. The first-order chi connectivity index (χ1) is 11.7. The zero-order valence-electron chi connectivity index (χ0n) is 14.3. The van der Waals surface area contributed by atoms with Crippen LogP contribution in [0.1, 0.15) is 32.1 Å². The number of nitrogens with one attached hydrogen (secondary N) is 1. The number of pyridine rings is 1. The summed E-state index contributed by atoms with van der Waals surface area (Å²) in [6, 6.07) is 2.43. The minimum atomic E-state index is 0.467. The Morgan fingerprint density at radius 3 is 2.38 bits per heavy atom. The number of aromatic nitrogens is 1. The zero-order chi connectivity index (χ0) is 17.1. The number of nitrogens with zero attached hydrogens (tertiary/aromatic N) is 1. The molecule has 0 amide bonds. The number of hydrogen-bond donors (Lipinski definition) is 1. The van der Waals surface area contributed by atoms with E-state index in [1.165, 1.54) is 32.1 Å². The van der Waals surface area contributed by atoms with Crippen molar-refractivity contribution < 1.29 is 14.2 Å². The predicted octanol–water partition coefficient (Wildman–Crippen LogP) is 4.77. The van der Waals surface area contributed by atoms with Crippen molar-refractivity contribution in [1.82, 2.24) is 4.98 Å². The van der Waals surface area contributed by atoms with Gasteiger partial charge in [-0.15, -0.1) is 0 Å². The third-order valence-electron chi connectivity index (χ3n) is 4.58. The van der Waals surface area contributed by atoms with Crippen molar-refractivity contribution in [2.24, 2.45) is 0 Å². The Balaban J connectivity index is 2.15. The highest BCUT2D eigenvalue weighted by molar-refractivity contribution is 9.10. The van der Waals surface area contributed by atoms with Crippen LogP contribution in [-0.2, 0) is 0 Å². The molecule has 3 rings (SSSR count). The Morgan fingerprint density at radius 2 is 1.75 bits per heavy atom. The molecule has 2 aromatic rings. The molecule has 0 spiro atoms. The van der Waals surface area contributed by atoms with Crippen LogP contribution in [0.15, 0.2) is 16.7 Å². The third-order valence-corrected chi connectivity index (χ3v) is 5.18. The van der Waals surface area contributed by atoms with Crippen molar-refractivity contribution >= 4 is 32.5 Å². The normalized spacial score (nSPS) is 15.3. The standard InChI is InChI=1S/C18H23BrN2O3/c1-22-14-9-12-15(17(24-3)16(14)23-2)13(19)10-20-18(12)21-11-7-5-4-6-8-11/h9-11H,4-8H2,1-3H3,(H,20,21). The topological polar surface area (TPSA) is 52.6 Å². The molecule has 1 fully saturated rings. The first-order valence-electron chi connectivity index (χ1n) is 8.23. The van der Waals surface area contributed by atoms with Gasteiger partial charge < -0.3 is 19.5 Å². The number of fused-ring (bicyclic) bond motifs is 1. The molecule has 0 saturated heterocycles. The average Bonchev–Trinajstić information content (AvgIpc) is 2.63. The molecule has 5 nitrogen and oxygen atoms in total. The lowest BCUT2D eigenvalue weighted by Gasteiger charge is -2.24. The van der Waals surface area contributed by atoms with Crippen LogP contribution >= 0.6 is 15.9 Å². The van der Waals surface area contributed by atoms with E-state index in [0.29, 0.717) is 23.3 Å². The van der Waals surface area contributed by atoms with Crippen LogP contribution in [0.3, 0.4) is 0 Å². The number of hydrogen-bond acceptors (Lipinski definition) is 5. The second kappa shape index (κ2) is 7.47. The van der Waals surface area contributed by atoms with Crippen molar-refractivity contribution in [3.8, 4) is 17.2 Å². The largest absolute Gasteiger partial charge is 0.493 e. The minimum Gasteiger partial charge on any atom is -0.493 e. The first kappa shape index (κ1) is 17.1. The summed E-state index contributed by atoms with van der Waals surface area (Å²) < 4.78 is 17.5. The second-order valence-corrected chi connectivity index (χ2v) is 6.86. The number of halogens is 1. The highest BCUT2D eigenvalue weighted by Crippen LogP contribution is 2.47. The molecule has 1 N–H and O–H groups in total. The SMILES string of the molecule is COc1cc2c(NC3CCCCC3)ncc(Br)c2c(OC)c1OC. The van der Waals surface area contributed by atoms with Crippen LogP contribution in [0.25, 0.3) is 10.8 Å². The molecule has 1 heterocycles. The van der Waals surface area contributed by atoms with Crippen LogP contribution in [0.5, 0.6) is 17.2 Å². The van der Waals surface area contributed by atoms with Crippen molar-refractivity contribution in [1.29, 1.82) is 0 Å². The van der Waals surface area contributed by atoms with Crippen molar-refractivity contribution in [3.63, 3.8) is 0 Å². The summed E-state index contributed by atoms with van der Waals surface area (Å²) in [5, 5.41) is 5.50. The van der Waals surface area contributed by atoms with Gasteiger partial charge in [0.25, 0.3) is 0 Å². The summed E-state index contributed by atoms with van der Waals surface area (Å²) in [7, 11) is 4.88. The molecule has 1 aliphatic rings. The van der Waals surface area contributed by atoms with Crippen molar-refractivity contribution in [3.05, 3.63) is 16.7 Å². The maximum atomic E-state index is 5.63. The van der Waals surface area contributed by atoms with Gasteiger partial charge in [-0.3, -0.25) is 0 Å². The molecule has 1 aromatic carbocycles. The van der Waals surface area contributed by atoms with Crippen LogP contribution in [0, 0.1) is 0 Å². The molecule has 1 aromatic heterocycles. The Hall–Kier alpha value is -1.69. The summed E-state index contributed by atoms with van der Waals surface area (Å²) in [5.41, 5.74) is 0. The maximum absolute atomic E-state index is 5.63. The summed E-state index contributed by atoms with van der Waals surface area (Å²) in [4.78, 5) is 4.60. The number of methoxy groups -OCH3 is 3. The van der Waals surface area contributed by atoms with Gasteiger partial charge in [0, 0.05) is 27.5 Å². The molecule has 0 bridgehead atoms. The molecular formula is C18H23BrN2O3. The Bertz CT molecular complexity index is 730. The molecule has 1 aliphatic carbocycles. The monoisotopic (exact) mass is 394 g/mol. The van der Waals surface area contributed by atoms with Crippen LogP contribution < -0.4 is 19.5 Å². The molecule has 0 unspecified atom stereocenters. The zero-order valence-corrected chi connectivity index (χ0v) is 15.9. The lowest BCUT2D eigenvalue weighted by molar-refractivity contribution is 0.327. The van der Waals surface area contributed by atoms with E-state index >= 15 is 0 Å². The summed E-state index contributed by atoms with van der Waals surface area (Å²) in [6.45, 7) is 0. The molecule has 24 heavy (non-hydrogen) atoms. The average molecular weight is 395 g/mol. The third kappa shape index (κ3) is 3.11. The summed E-state index contributed by atoms with van der Waals surface area (Å²) in [6.07, 6.45) is 8.04. The van der Waals surface area contributed by atoms with E-state index in [1.54, 1.807) is 21.3 Å². The highest BCUT2D eigenvalue weighted by Gasteiger charge is 2.22. The Labute approximate surface area is 150 Å². The van der Waals surface area contributed by atoms with Gasteiger partial charge in [0.1, 0.15) is 5.82 Å². The molecule has 0 radical (unpaired) electrons. The molecule has 130 valence electrons. The summed E-state index contributed by atoms with van der Waals surface area (Å²) >= 11 is 3.59. The molecule has 1 saturated carbocycles. The van der Waals surface area contributed by atoms with Gasteiger partial charge in [-0.1, -0.05) is 19.3 Å². The van der Waals surface area contributed by atoms with E-state index in [1.807, 2.05) is 12.3 Å². The summed E-state index contributed by atoms with van der Waals surface area (Å²) in [5.74, 6) is 2.73. The van der Waals surface area contributed by atoms with Crippen LogP contribution in [-0.4, -0.2) is 32.4 Å². The van der Waals surface area contributed by atoms with Crippen molar-refractivity contribution in [2.45, 2.75) is 38.1 Å². The van der Waals surface area contributed by atoms with E-state index in [4.69, 9.17) is 14.2 Å². The Morgan fingerprint density at radius 1 is 1.04 bits per heavy atom. The van der Waals surface area contributed by atoms with Crippen LogP contribution in [0.2, 0.25) is 0 Å². The van der Waals surface area contributed by atoms with Gasteiger partial charge in [-0.05, 0) is 34.8 Å². The minimum absolute atomic E-state index is 0.467. The fourth-order valence-electron chi connectivity index (χ4n) is 3.39. The fourth-order valence-corrected chi connectivity index (χ4v) is 3.89. The van der Waals surface area contributed by atoms with Gasteiger partial charge in [0.05, 0.1) is 21.3 Å². The predicted molar refractivity (Wildman–Crippen MR) is 99.6 cm³/mol. The lowest BCUT2D eigenvalue weighted by atomic mass is 9.95. The van der Waals surface area contributed by atoms with Crippen molar-refractivity contribution in [2.75, 3.05) is 26.6 Å². The number of benzene rings is 1. The van der Waals surface area contributed by atoms with Gasteiger partial charge in [0.15, 0.2) is 11.5 Å². The molecule has 0 aliphatic heterocycles. The lowest BCUT2D eigenvalue weighted by Crippen LogP contribution is -2.23. The quantitative estimate of drug-likeness (QED) is 0.791. The van der Waals surface area contributed by atoms with Gasteiger partial charge >= 0.3 is 0 Å². The van der Waals surface area contributed by atoms with E-state index in [0.717, 1.165) is 21.1 Å². The van der Waals surface area contributed by atoms with E-state index in [9.17, 15) is 0 Å². The molecule has 6 heteroatoms. The van der Waals surface area contributed by atoms with Crippen LogP contribution in [0.4, 0.5) is 5.82 Å². The molecular weight excluding hydrogens is 372 g/mol. The van der Waals surface area contributed by atoms with Gasteiger partial charge in [-0.2, -0.15) is 0 Å².